The van der Waals surface area contributed by atoms with Crippen molar-refractivity contribution in [1.82, 2.24) is 18.5 Å². The van der Waals surface area contributed by atoms with E-state index in [1.165, 1.54) is 10.2 Å². The number of aryl methyl sites for hydroxylation is 2. The molecular weight excluding hydrogens is 384 g/mol. The van der Waals surface area contributed by atoms with E-state index in [-0.39, 0.29) is 5.75 Å². The number of benzene rings is 1. The average Bonchev–Trinajstić information content (AvgIpc) is 3.15. The van der Waals surface area contributed by atoms with Crippen LogP contribution in [-0.4, -0.2) is 26.9 Å². The van der Waals surface area contributed by atoms with Gasteiger partial charge in [0.25, 0.3) is 0 Å². The lowest BCUT2D eigenvalue weighted by Crippen LogP contribution is -2.14. The van der Waals surface area contributed by atoms with E-state index in [0.29, 0.717) is 21.6 Å². The first-order chi connectivity index (χ1) is 12.9. The lowest BCUT2D eigenvalue weighted by atomic mass is 10.1. The Morgan fingerprint density at radius 3 is 2.56 bits per heavy atom. The number of rotatable bonds is 4. The highest BCUT2D eigenvalue weighted by Crippen LogP contribution is 2.33. The molecule has 0 spiro atoms. The molecule has 0 aliphatic rings. The fraction of sp³-hybridized carbons (Fsp3) is 0.158. The fourth-order valence-corrected chi connectivity index (χ4v) is 4.83. The molecule has 0 saturated carbocycles. The lowest BCUT2D eigenvalue weighted by molar-refractivity contribution is 0.588. The summed E-state index contributed by atoms with van der Waals surface area (Å²) in [6, 6.07) is 10.8. The molecule has 0 amide bonds. The number of hydrogen-bond acceptors (Lipinski definition) is 4. The average molecular weight is 401 g/mol. The third kappa shape index (κ3) is 3.13. The predicted molar refractivity (Wildman–Crippen MR) is 106 cm³/mol. The van der Waals surface area contributed by atoms with Crippen LogP contribution in [0.1, 0.15) is 11.3 Å². The van der Waals surface area contributed by atoms with E-state index in [9.17, 15) is 8.42 Å². The molecule has 27 heavy (non-hydrogen) atoms. The quantitative estimate of drug-likeness (QED) is 0.522. The van der Waals surface area contributed by atoms with Crippen molar-refractivity contribution in [3.8, 4) is 11.3 Å². The second-order valence-corrected chi connectivity index (χ2v) is 8.68. The summed E-state index contributed by atoms with van der Waals surface area (Å²) in [7, 11) is -1.80. The molecule has 0 aliphatic carbocycles. The maximum atomic E-state index is 13.1. The van der Waals surface area contributed by atoms with Gasteiger partial charge in [0.1, 0.15) is 0 Å². The van der Waals surface area contributed by atoms with Crippen LogP contribution >= 0.6 is 11.6 Å². The summed E-state index contributed by atoms with van der Waals surface area (Å²) in [5.74, 6) is -0.119. The molecule has 0 radical (unpaired) electrons. The maximum absolute atomic E-state index is 13.1. The van der Waals surface area contributed by atoms with Crippen molar-refractivity contribution < 1.29 is 8.42 Å². The van der Waals surface area contributed by atoms with Gasteiger partial charge in [-0.05, 0) is 18.6 Å². The minimum absolute atomic E-state index is 0.119. The van der Waals surface area contributed by atoms with E-state index in [0.717, 1.165) is 17.0 Å². The molecule has 0 N–H and O–H groups in total. The molecular formula is C19H17ClN4O2S. The van der Waals surface area contributed by atoms with Crippen LogP contribution in [0.4, 0.5) is 0 Å². The zero-order chi connectivity index (χ0) is 19.2. The van der Waals surface area contributed by atoms with Crippen molar-refractivity contribution in [2.24, 2.45) is 7.05 Å². The summed E-state index contributed by atoms with van der Waals surface area (Å²) < 4.78 is 29.3. The van der Waals surface area contributed by atoms with E-state index in [4.69, 9.17) is 11.6 Å². The predicted octanol–water partition coefficient (Wildman–Crippen LogP) is 3.78. The van der Waals surface area contributed by atoms with E-state index >= 15 is 0 Å². The molecule has 0 bridgehead atoms. The zero-order valence-electron chi connectivity index (χ0n) is 14.8. The molecule has 138 valence electrons. The van der Waals surface area contributed by atoms with Gasteiger partial charge in [-0.15, -0.1) is 0 Å². The first-order valence-corrected chi connectivity index (χ1v) is 10.3. The van der Waals surface area contributed by atoms with Gasteiger partial charge in [0.2, 0.25) is 10.0 Å². The number of fused-ring (bicyclic) bond motifs is 1. The summed E-state index contributed by atoms with van der Waals surface area (Å²) >= 11 is 6.14. The molecule has 6 nitrogen and oxygen atoms in total. The number of aromatic nitrogens is 4. The van der Waals surface area contributed by atoms with Gasteiger partial charge in [0, 0.05) is 30.4 Å². The molecule has 1 aromatic carbocycles. The third-order valence-electron chi connectivity index (χ3n) is 4.45. The van der Waals surface area contributed by atoms with Crippen molar-refractivity contribution >= 4 is 32.7 Å². The highest BCUT2D eigenvalue weighted by Gasteiger charge is 2.23. The van der Waals surface area contributed by atoms with Crippen molar-refractivity contribution in [3.05, 3.63) is 71.4 Å². The van der Waals surface area contributed by atoms with Gasteiger partial charge in [-0.2, -0.15) is 0 Å². The third-order valence-corrected chi connectivity index (χ3v) is 6.23. The molecule has 0 fully saturated rings. The van der Waals surface area contributed by atoms with Crippen molar-refractivity contribution in [2.75, 3.05) is 0 Å². The monoisotopic (exact) mass is 400 g/mol. The first-order valence-electron chi connectivity index (χ1n) is 8.29. The Labute approximate surface area is 162 Å². The minimum Gasteiger partial charge on any atom is -0.333 e. The molecule has 0 unspecified atom stereocenters. The molecule has 0 saturated heterocycles. The minimum atomic E-state index is -3.67. The summed E-state index contributed by atoms with van der Waals surface area (Å²) in [5.41, 5.74) is 3.43. The van der Waals surface area contributed by atoms with E-state index < -0.39 is 10.0 Å². The first kappa shape index (κ1) is 17.8. The highest BCUT2D eigenvalue weighted by molar-refractivity contribution is 7.89. The Bertz CT molecular complexity index is 1220. The lowest BCUT2D eigenvalue weighted by Gasteiger charge is -2.07. The number of pyridine rings is 1. The van der Waals surface area contributed by atoms with Gasteiger partial charge >= 0.3 is 0 Å². The van der Waals surface area contributed by atoms with Crippen LogP contribution < -0.4 is 0 Å². The number of halogens is 1. The summed E-state index contributed by atoms with van der Waals surface area (Å²) in [5, 5.41) is 1.12. The Kier molecular flexibility index (Phi) is 4.28. The van der Waals surface area contributed by atoms with Crippen LogP contribution in [0.5, 0.6) is 0 Å². The second-order valence-electron chi connectivity index (χ2n) is 6.39. The van der Waals surface area contributed by atoms with Crippen molar-refractivity contribution in [2.45, 2.75) is 12.7 Å². The topological polar surface area (TPSA) is 69.8 Å². The maximum Gasteiger partial charge on any atom is 0.244 e. The molecule has 4 rings (SSSR count). The normalized spacial score (nSPS) is 12.0. The molecule has 0 aliphatic heterocycles. The van der Waals surface area contributed by atoms with Crippen molar-refractivity contribution in [1.29, 1.82) is 0 Å². The van der Waals surface area contributed by atoms with Gasteiger partial charge in [-0.25, -0.2) is 22.4 Å². The van der Waals surface area contributed by atoms with Crippen LogP contribution in [0.25, 0.3) is 22.3 Å². The summed E-state index contributed by atoms with van der Waals surface area (Å²) in [4.78, 5) is 8.61. The van der Waals surface area contributed by atoms with E-state index in [1.54, 1.807) is 30.7 Å². The largest absolute Gasteiger partial charge is 0.333 e. The standard InChI is InChI=1S/C19H17ClN4O2S/c1-13-18(23(2)12-22-13)17-10-24(19-16(17)8-15(20)9-21-19)27(25,26)11-14-6-4-3-5-7-14/h3-10,12H,11H2,1-2H3. The van der Waals surface area contributed by atoms with Gasteiger partial charge in [-0.1, -0.05) is 41.9 Å². The van der Waals surface area contributed by atoms with Crippen LogP contribution in [0, 0.1) is 6.92 Å². The Morgan fingerprint density at radius 1 is 1.15 bits per heavy atom. The Morgan fingerprint density at radius 2 is 1.89 bits per heavy atom. The summed E-state index contributed by atoms with van der Waals surface area (Å²) in [6.07, 6.45) is 4.76. The van der Waals surface area contributed by atoms with E-state index in [1.807, 2.05) is 36.7 Å². The molecule has 3 aromatic heterocycles. The molecule has 0 atom stereocenters. The van der Waals surface area contributed by atoms with Crippen LogP contribution in [0.2, 0.25) is 5.02 Å². The van der Waals surface area contributed by atoms with Crippen molar-refractivity contribution in [3.63, 3.8) is 0 Å². The second kappa shape index (κ2) is 6.51. The summed E-state index contributed by atoms with van der Waals surface area (Å²) in [6.45, 7) is 1.88. The van der Waals surface area contributed by atoms with Crippen LogP contribution in [0.15, 0.2) is 55.1 Å². The highest BCUT2D eigenvalue weighted by atomic mass is 35.5. The SMILES string of the molecule is Cc1ncn(C)c1-c1cn(S(=O)(=O)Cc2ccccc2)c2ncc(Cl)cc12. The smallest absolute Gasteiger partial charge is 0.244 e. The van der Waals surface area contributed by atoms with Crippen LogP contribution in [-0.2, 0) is 22.8 Å². The number of imidazole rings is 1. The number of nitrogens with zero attached hydrogens (tertiary/aromatic N) is 4. The van der Waals surface area contributed by atoms with Gasteiger partial charge in [-0.3, -0.25) is 0 Å². The molecule has 8 heteroatoms. The Hall–Kier alpha value is -2.64. The number of hydrogen-bond donors (Lipinski definition) is 0. The van der Waals surface area contributed by atoms with Gasteiger partial charge in [0.15, 0.2) is 5.65 Å². The van der Waals surface area contributed by atoms with Gasteiger partial charge < -0.3 is 4.57 Å². The Balaban J connectivity index is 1.95. The fourth-order valence-electron chi connectivity index (χ4n) is 3.24. The van der Waals surface area contributed by atoms with Gasteiger partial charge in [0.05, 0.1) is 28.5 Å². The van der Waals surface area contributed by atoms with E-state index in [2.05, 4.69) is 9.97 Å². The zero-order valence-corrected chi connectivity index (χ0v) is 16.4. The molecule has 4 aromatic rings. The van der Waals surface area contributed by atoms with Crippen LogP contribution in [0.3, 0.4) is 0 Å². The molecule has 3 heterocycles.